The molecule has 0 saturated carbocycles. The molecule has 0 radical (unpaired) electrons. The number of thioether (sulfide) groups is 1. The van der Waals surface area contributed by atoms with E-state index in [1.54, 1.807) is 11.8 Å². The molecule has 2 aliphatic rings. The van der Waals surface area contributed by atoms with Gasteiger partial charge in [0.1, 0.15) is 11.6 Å². The zero-order valence-electron chi connectivity index (χ0n) is 15.0. The molecule has 2 atom stereocenters. The summed E-state index contributed by atoms with van der Waals surface area (Å²) in [5, 5.41) is 4.38. The Hall–Kier alpha value is -2.39. The molecule has 4 rings (SSSR count). The van der Waals surface area contributed by atoms with Crippen molar-refractivity contribution in [3.05, 3.63) is 42.2 Å². The molecule has 9 heteroatoms. The van der Waals surface area contributed by atoms with Gasteiger partial charge in [0.2, 0.25) is 0 Å². The average Bonchev–Trinajstić information content (AvgIpc) is 3.27. The Labute approximate surface area is 161 Å². The van der Waals surface area contributed by atoms with Crippen molar-refractivity contribution in [2.75, 3.05) is 32.8 Å². The second-order valence-electron chi connectivity index (χ2n) is 6.41. The first-order chi connectivity index (χ1) is 13.2. The number of benzene rings is 1. The van der Waals surface area contributed by atoms with E-state index >= 15 is 0 Å². The number of aromatic nitrogens is 3. The number of nitrogens with zero attached hydrogens (tertiary/aromatic N) is 5. The molecule has 1 fully saturated rings. The number of amides is 1. The molecule has 1 amide bonds. The van der Waals surface area contributed by atoms with Gasteiger partial charge >= 0.3 is 6.09 Å². The zero-order valence-corrected chi connectivity index (χ0v) is 15.8. The topological polar surface area (TPSA) is 80.6 Å². The minimum absolute atomic E-state index is 0.0471. The monoisotopic (exact) mass is 387 g/mol. The second-order valence-corrected chi connectivity index (χ2v) is 7.52. The highest BCUT2D eigenvalue weighted by molar-refractivity contribution is 8.00. The number of fused-ring (bicyclic) bond motifs is 1. The van der Waals surface area contributed by atoms with Gasteiger partial charge in [-0.3, -0.25) is 9.69 Å². The quantitative estimate of drug-likeness (QED) is 0.793. The number of piperazine rings is 1. The van der Waals surface area contributed by atoms with Crippen LogP contribution < -0.4 is 0 Å². The lowest BCUT2D eigenvalue weighted by Gasteiger charge is -2.40. The van der Waals surface area contributed by atoms with E-state index in [1.807, 2.05) is 30.3 Å². The molecule has 2 aromatic rings. The Morgan fingerprint density at radius 1 is 1.26 bits per heavy atom. The molecule has 27 heavy (non-hydrogen) atoms. The van der Waals surface area contributed by atoms with Crippen molar-refractivity contribution >= 4 is 23.8 Å². The Morgan fingerprint density at radius 2 is 2.00 bits per heavy atom. The first kappa shape index (κ1) is 18.0. The summed E-state index contributed by atoms with van der Waals surface area (Å²) in [6, 6.07) is 9.93. The third-order valence-electron chi connectivity index (χ3n) is 4.86. The number of ether oxygens (including phenoxy) is 1. The summed E-state index contributed by atoms with van der Waals surface area (Å²) in [5.41, 5.74) is 1.08. The molecule has 0 N–H and O–H groups in total. The fraction of sp³-hybridized carbons (Fsp3) is 0.444. The molecule has 1 aromatic heterocycles. The summed E-state index contributed by atoms with van der Waals surface area (Å²) in [5.74, 6) is -0.0471. The van der Waals surface area contributed by atoms with Crippen LogP contribution in [0, 0.1) is 0 Å². The van der Waals surface area contributed by atoms with Crippen LogP contribution in [0.5, 0.6) is 0 Å². The van der Waals surface area contributed by atoms with Crippen molar-refractivity contribution in [1.82, 2.24) is 24.6 Å². The molecular weight excluding hydrogens is 366 g/mol. The SMILES string of the molecule is CCOC(=O)N1CCN(C(c2ccccc2)C2Sc3ncnn3C2=O)CC1. The molecule has 8 nitrogen and oxygen atoms in total. The summed E-state index contributed by atoms with van der Waals surface area (Å²) in [4.78, 5) is 33.0. The maximum absolute atomic E-state index is 12.9. The van der Waals surface area contributed by atoms with Gasteiger partial charge in [0.05, 0.1) is 12.6 Å². The van der Waals surface area contributed by atoms with Gasteiger partial charge in [-0.2, -0.15) is 9.78 Å². The standard InChI is InChI=1S/C18H21N5O3S/c1-2-26-18(25)22-10-8-21(9-11-22)14(13-6-4-3-5-7-13)15-16(24)23-17(27-15)19-12-20-23/h3-7,12,14-15H,2,8-11H2,1H3. The van der Waals surface area contributed by atoms with Gasteiger partial charge < -0.3 is 9.64 Å². The van der Waals surface area contributed by atoms with Gasteiger partial charge in [-0.15, -0.1) is 0 Å². The van der Waals surface area contributed by atoms with Crippen LogP contribution in [-0.2, 0) is 4.74 Å². The second kappa shape index (κ2) is 7.69. The van der Waals surface area contributed by atoms with Gasteiger partial charge in [0.25, 0.3) is 5.91 Å². The van der Waals surface area contributed by atoms with E-state index in [9.17, 15) is 9.59 Å². The predicted octanol–water partition coefficient (Wildman–Crippen LogP) is 1.91. The maximum Gasteiger partial charge on any atom is 0.409 e. The third-order valence-corrected chi connectivity index (χ3v) is 6.07. The van der Waals surface area contributed by atoms with Crippen LogP contribution in [0.4, 0.5) is 4.79 Å². The van der Waals surface area contributed by atoms with Crippen molar-refractivity contribution in [3.8, 4) is 0 Å². The minimum atomic E-state index is -0.308. The van der Waals surface area contributed by atoms with Gasteiger partial charge in [-0.1, -0.05) is 42.1 Å². The Balaban J connectivity index is 1.55. The Bertz CT molecular complexity index is 819. The molecule has 3 heterocycles. The highest BCUT2D eigenvalue weighted by Crippen LogP contribution is 2.40. The zero-order chi connectivity index (χ0) is 18.8. The maximum atomic E-state index is 12.9. The predicted molar refractivity (Wildman–Crippen MR) is 99.6 cm³/mol. The summed E-state index contributed by atoms with van der Waals surface area (Å²) < 4.78 is 6.49. The highest BCUT2D eigenvalue weighted by Gasteiger charge is 2.43. The molecular formula is C18H21N5O3S. The lowest BCUT2D eigenvalue weighted by Crippen LogP contribution is -2.52. The number of rotatable bonds is 4. The average molecular weight is 387 g/mol. The lowest BCUT2D eigenvalue weighted by atomic mass is 10.00. The number of carbonyl (C=O) groups excluding carboxylic acids is 2. The minimum Gasteiger partial charge on any atom is -0.450 e. The molecule has 1 aromatic carbocycles. The van der Waals surface area contributed by atoms with E-state index in [4.69, 9.17) is 4.74 Å². The smallest absolute Gasteiger partial charge is 0.409 e. The number of hydrogen-bond donors (Lipinski definition) is 0. The molecule has 2 aliphatic heterocycles. The van der Waals surface area contributed by atoms with Crippen LogP contribution in [0.15, 0.2) is 41.8 Å². The van der Waals surface area contributed by atoms with E-state index in [0.29, 0.717) is 37.9 Å². The van der Waals surface area contributed by atoms with Crippen LogP contribution in [-0.4, -0.2) is 74.6 Å². The Morgan fingerprint density at radius 3 is 2.67 bits per heavy atom. The number of hydrogen-bond acceptors (Lipinski definition) is 7. The summed E-state index contributed by atoms with van der Waals surface area (Å²) >= 11 is 1.46. The first-order valence-electron chi connectivity index (χ1n) is 9.00. The summed E-state index contributed by atoms with van der Waals surface area (Å²) in [6.07, 6.45) is 1.13. The van der Waals surface area contributed by atoms with Crippen molar-refractivity contribution in [1.29, 1.82) is 0 Å². The molecule has 0 bridgehead atoms. The fourth-order valence-electron chi connectivity index (χ4n) is 3.57. The molecule has 0 spiro atoms. The van der Waals surface area contributed by atoms with Gasteiger partial charge in [0, 0.05) is 26.2 Å². The van der Waals surface area contributed by atoms with Crippen LogP contribution in [0.1, 0.15) is 23.3 Å². The lowest BCUT2D eigenvalue weighted by molar-refractivity contribution is 0.0600. The molecule has 142 valence electrons. The van der Waals surface area contributed by atoms with E-state index in [2.05, 4.69) is 15.0 Å². The van der Waals surface area contributed by atoms with Crippen LogP contribution >= 0.6 is 11.8 Å². The van der Waals surface area contributed by atoms with Crippen LogP contribution in [0.3, 0.4) is 0 Å². The molecule has 1 saturated heterocycles. The highest BCUT2D eigenvalue weighted by atomic mass is 32.2. The molecule has 2 unspecified atom stereocenters. The van der Waals surface area contributed by atoms with Crippen molar-refractivity contribution in [2.45, 2.75) is 23.4 Å². The molecule has 0 aliphatic carbocycles. The summed E-state index contributed by atoms with van der Waals surface area (Å²) in [6.45, 7) is 4.70. The van der Waals surface area contributed by atoms with E-state index < -0.39 is 0 Å². The van der Waals surface area contributed by atoms with E-state index in [1.165, 1.54) is 22.8 Å². The van der Waals surface area contributed by atoms with E-state index in [0.717, 1.165) is 5.56 Å². The van der Waals surface area contributed by atoms with Gasteiger partial charge in [0.15, 0.2) is 5.16 Å². The third kappa shape index (κ3) is 3.44. The Kier molecular flexibility index (Phi) is 5.13. The van der Waals surface area contributed by atoms with Crippen molar-refractivity contribution in [3.63, 3.8) is 0 Å². The summed E-state index contributed by atoms with van der Waals surface area (Å²) in [7, 11) is 0. The fourth-order valence-corrected chi connectivity index (χ4v) is 4.80. The first-order valence-corrected chi connectivity index (χ1v) is 9.88. The van der Waals surface area contributed by atoms with Gasteiger partial charge in [-0.05, 0) is 12.5 Å². The number of carbonyl (C=O) groups is 2. The van der Waals surface area contributed by atoms with Gasteiger partial charge in [-0.25, -0.2) is 9.78 Å². The normalized spacial score (nSPS) is 21.1. The van der Waals surface area contributed by atoms with Crippen LogP contribution in [0.2, 0.25) is 0 Å². The van der Waals surface area contributed by atoms with Crippen molar-refractivity contribution < 1.29 is 14.3 Å². The van der Waals surface area contributed by atoms with E-state index in [-0.39, 0.29) is 23.3 Å². The van der Waals surface area contributed by atoms with Crippen molar-refractivity contribution in [2.24, 2.45) is 0 Å². The largest absolute Gasteiger partial charge is 0.450 e. The van der Waals surface area contributed by atoms with Crippen LogP contribution in [0.25, 0.3) is 0 Å².